The lowest BCUT2D eigenvalue weighted by Crippen LogP contribution is -2.42. The fourth-order valence-corrected chi connectivity index (χ4v) is 5.51. The maximum Gasteiger partial charge on any atom is 0.253 e. The lowest BCUT2D eigenvalue weighted by atomic mass is 9.73. The number of pyridine rings is 1. The number of hydrogen-bond donors (Lipinski definition) is 1. The van der Waals surface area contributed by atoms with E-state index in [2.05, 4.69) is 15.2 Å². The summed E-state index contributed by atoms with van der Waals surface area (Å²) in [6.45, 7) is 5.19. The summed E-state index contributed by atoms with van der Waals surface area (Å²) < 4.78 is 12.0. The minimum atomic E-state index is -0.0688. The molecule has 7 heteroatoms. The molecule has 2 bridgehead atoms. The van der Waals surface area contributed by atoms with Gasteiger partial charge in [0.25, 0.3) is 5.91 Å². The predicted molar refractivity (Wildman–Crippen MR) is 104 cm³/mol. The Morgan fingerprint density at radius 3 is 3.11 bits per heavy atom. The van der Waals surface area contributed by atoms with Crippen molar-refractivity contribution in [1.29, 1.82) is 0 Å². The summed E-state index contributed by atoms with van der Waals surface area (Å²) in [5.74, 6) is 1.61. The molecule has 3 saturated heterocycles. The highest BCUT2D eigenvalue weighted by Crippen LogP contribution is 2.54. The van der Waals surface area contributed by atoms with Gasteiger partial charge in [-0.1, -0.05) is 0 Å². The number of ether oxygens (including phenoxy) is 1. The number of nitrogens with zero attached hydrogens (tertiary/aromatic N) is 2. The van der Waals surface area contributed by atoms with Gasteiger partial charge >= 0.3 is 0 Å². The SMILES string of the molecule is Cc1ccncc1C(=O)NC[C@H]1[C@H]2CN(Cc3ccc(Cl)o3)C[C@]23CC[C@H]1O3. The van der Waals surface area contributed by atoms with Crippen molar-refractivity contribution in [2.75, 3.05) is 19.6 Å². The molecule has 148 valence electrons. The molecule has 3 fully saturated rings. The largest absolute Gasteiger partial charge is 0.448 e. The zero-order chi connectivity index (χ0) is 19.3. The first kappa shape index (κ1) is 18.2. The van der Waals surface area contributed by atoms with E-state index in [-0.39, 0.29) is 17.6 Å². The van der Waals surface area contributed by atoms with E-state index in [1.165, 1.54) is 0 Å². The number of aryl methyl sites for hydroxylation is 1. The molecule has 3 aliphatic rings. The Hall–Kier alpha value is -1.89. The van der Waals surface area contributed by atoms with Crippen LogP contribution in [0, 0.1) is 18.8 Å². The molecule has 0 aliphatic carbocycles. The first-order chi connectivity index (χ1) is 13.5. The van der Waals surface area contributed by atoms with Gasteiger partial charge in [-0.15, -0.1) is 0 Å². The van der Waals surface area contributed by atoms with Gasteiger partial charge < -0.3 is 14.5 Å². The smallest absolute Gasteiger partial charge is 0.253 e. The highest BCUT2D eigenvalue weighted by atomic mass is 35.5. The van der Waals surface area contributed by atoms with Gasteiger partial charge in [-0.25, -0.2) is 0 Å². The molecule has 3 aliphatic heterocycles. The van der Waals surface area contributed by atoms with E-state index in [9.17, 15) is 4.79 Å². The third-order valence-electron chi connectivity index (χ3n) is 6.64. The summed E-state index contributed by atoms with van der Waals surface area (Å²) in [7, 11) is 0. The summed E-state index contributed by atoms with van der Waals surface area (Å²) in [6, 6.07) is 5.58. The van der Waals surface area contributed by atoms with Crippen molar-refractivity contribution < 1.29 is 13.9 Å². The van der Waals surface area contributed by atoms with Crippen LogP contribution in [0.4, 0.5) is 0 Å². The topological polar surface area (TPSA) is 67.6 Å². The third kappa shape index (κ3) is 3.04. The van der Waals surface area contributed by atoms with Crippen molar-refractivity contribution in [3.05, 3.63) is 52.7 Å². The van der Waals surface area contributed by atoms with Crippen LogP contribution in [0.3, 0.4) is 0 Å². The molecule has 1 N–H and O–H groups in total. The lowest BCUT2D eigenvalue weighted by molar-refractivity contribution is 0.00168. The highest BCUT2D eigenvalue weighted by molar-refractivity contribution is 6.28. The van der Waals surface area contributed by atoms with Crippen molar-refractivity contribution in [1.82, 2.24) is 15.2 Å². The Balaban J connectivity index is 1.25. The highest BCUT2D eigenvalue weighted by Gasteiger charge is 2.62. The number of fused-ring (bicyclic) bond motifs is 1. The first-order valence-corrected chi connectivity index (χ1v) is 10.2. The van der Waals surface area contributed by atoms with Crippen LogP contribution in [-0.2, 0) is 11.3 Å². The van der Waals surface area contributed by atoms with Crippen LogP contribution in [0.5, 0.6) is 0 Å². The van der Waals surface area contributed by atoms with Gasteiger partial charge in [0.1, 0.15) is 5.76 Å². The normalized spacial score (nSPS) is 31.3. The van der Waals surface area contributed by atoms with Gasteiger partial charge in [0, 0.05) is 43.9 Å². The number of halogens is 1. The number of rotatable bonds is 5. The van der Waals surface area contributed by atoms with Crippen LogP contribution >= 0.6 is 11.6 Å². The van der Waals surface area contributed by atoms with E-state index in [1.54, 1.807) is 18.5 Å². The molecule has 0 aromatic carbocycles. The molecule has 0 radical (unpaired) electrons. The van der Waals surface area contributed by atoms with E-state index in [4.69, 9.17) is 20.8 Å². The van der Waals surface area contributed by atoms with Crippen LogP contribution in [0.2, 0.25) is 5.22 Å². The molecule has 4 atom stereocenters. The number of likely N-dealkylation sites (tertiary alicyclic amines) is 1. The number of hydrogen-bond acceptors (Lipinski definition) is 5. The Morgan fingerprint density at radius 1 is 1.43 bits per heavy atom. The van der Waals surface area contributed by atoms with Crippen LogP contribution in [0.1, 0.15) is 34.5 Å². The second-order valence-corrected chi connectivity index (χ2v) is 8.68. The van der Waals surface area contributed by atoms with E-state index in [1.807, 2.05) is 19.1 Å². The number of furan rings is 1. The van der Waals surface area contributed by atoms with Gasteiger partial charge in [-0.3, -0.25) is 14.7 Å². The van der Waals surface area contributed by atoms with Gasteiger partial charge in [0.05, 0.1) is 23.8 Å². The van der Waals surface area contributed by atoms with Crippen LogP contribution in [0.25, 0.3) is 0 Å². The maximum absolute atomic E-state index is 12.6. The molecule has 0 saturated carbocycles. The molecular weight excluding hydrogens is 378 g/mol. The van der Waals surface area contributed by atoms with Crippen molar-refractivity contribution in [3.63, 3.8) is 0 Å². The zero-order valence-electron chi connectivity index (χ0n) is 15.9. The second-order valence-electron chi connectivity index (χ2n) is 8.31. The van der Waals surface area contributed by atoms with Gasteiger partial charge in [-0.2, -0.15) is 0 Å². The molecule has 2 aromatic rings. The minimum Gasteiger partial charge on any atom is -0.448 e. The lowest BCUT2D eigenvalue weighted by Gasteiger charge is -2.29. The van der Waals surface area contributed by atoms with E-state index in [0.717, 1.165) is 43.8 Å². The van der Waals surface area contributed by atoms with E-state index >= 15 is 0 Å². The Morgan fingerprint density at radius 2 is 2.32 bits per heavy atom. The molecule has 28 heavy (non-hydrogen) atoms. The van der Waals surface area contributed by atoms with Crippen LogP contribution < -0.4 is 5.32 Å². The maximum atomic E-state index is 12.6. The number of aromatic nitrogens is 1. The van der Waals surface area contributed by atoms with E-state index in [0.29, 0.717) is 29.2 Å². The summed E-state index contributed by atoms with van der Waals surface area (Å²) in [6.07, 6.45) is 5.77. The van der Waals surface area contributed by atoms with Crippen molar-refractivity contribution in [3.8, 4) is 0 Å². The predicted octanol–water partition coefficient (Wildman–Crippen LogP) is 3.05. The Labute approximate surface area is 169 Å². The summed E-state index contributed by atoms with van der Waals surface area (Å²) in [5, 5.41) is 3.56. The molecule has 0 unspecified atom stereocenters. The molecule has 5 rings (SSSR count). The van der Waals surface area contributed by atoms with Crippen LogP contribution in [-0.4, -0.2) is 47.1 Å². The van der Waals surface area contributed by atoms with Gasteiger partial charge in [0.2, 0.25) is 0 Å². The average molecular weight is 402 g/mol. The van der Waals surface area contributed by atoms with Crippen LogP contribution in [0.15, 0.2) is 35.0 Å². The Bertz CT molecular complexity index is 901. The first-order valence-electron chi connectivity index (χ1n) is 9.87. The summed E-state index contributed by atoms with van der Waals surface area (Å²) in [4.78, 5) is 19.1. The Kier molecular flexibility index (Phi) is 4.45. The fourth-order valence-electron chi connectivity index (χ4n) is 5.34. The summed E-state index contributed by atoms with van der Waals surface area (Å²) in [5.41, 5.74) is 1.52. The molecule has 1 amide bonds. The monoisotopic (exact) mass is 401 g/mol. The van der Waals surface area contributed by atoms with Gasteiger partial charge in [0.15, 0.2) is 5.22 Å². The van der Waals surface area contributed by atoms with Crippen molar-refractivity contribution in [2.45, 2.75) is 38.0 Å². The van der Waals surface area contributed by atoms with Gasteiger partial charge in [-0.05, 0) is 55.1 Å². The van der Waals surface area contributed by atoms with Crippen molar-refractivity contribution in [2.24, 2.45) is 11.8 Å². The van der Waals surface area contributed by atoms with Crippen molar-refractivity contribution >= 4 is 17.5 Å². The molecule has 2 aromatic heterocycles. The molecular formula is C21H24ClN3O3. The standard InChI is InChI=1S/C21H24ClN3O3/c1-13-5-7-23-8-15(13)20(26)24-9-16-17-11-25(10-14-2-3-19(22)27-14)12-21(17)6-4-18(16)28-21/h2-3,5,7-8,16-18H,4,6,9-12H2,1H3,(H,24,26)/t16-,17+,18+,21+/m0/s1. The molecule has 6 nitrogen and oxygen atoms in total. The molecule has 5 heterocycles. The third-order valence-corrected chi connectivity index (χ3v) is 6.85. The second kappa shape index (κ2) is 6.87. The van der Waals surface area contributed by atoms with E-state index < -0.39 is 0 Å². The number of carbonyl (C=O) groups is 1. The quantitative estimate of drug-likeness (QED) is 0.834. The number of nitrogens with one attached hydrogen (secondary N) is 1. The number of amides is 1. The zero-order valence-corrected chi connectivity index (χ0v) is 16.6. The molecule has 1 spiro atoms. The summed E-state index contributed by atoms with van der Waals surface area (Å²) >= 11 is 5.90. The minimum absolute atomic E-state index is 0.0532. The average Bonchev–Trinajstić information content (AvgIpc) is 3.41. The fraction of sp³-hybridized carbons (Fsp3) is 0.524. The number of carbonyl (C=O) groups excluding carboxylic acids is 1.